The van der Waals surface area contributed by atoms with Crippen molar-refractivity contribution in [3.8, 4) is 0 Å². The molecule has 2 aromatic rings. The van der Waals surface area contributed by atoms with Crippen LogP contribution in [0.1, 0.15) is 24.0 Å². The summed E-state index contributed by atoms with van der Waals surface area (Å²) in [6, 6.07) is 9.24. The minimum Gasteiger partial charge on any atom is -0.294 e. The molecule has 0 radical (unpaired) electrons. The Hall–Kier alpha value is -2.34. The van der Waals surface area contributed by atoms with Crippen molar-refractivity contribution in [1.82, 2.24) is 0 Å². The fraction of sp³-hybridized carbons (Fsp3) is 0.167. The second-order valence-corrected chi connectivity index (χ2v) is 7.71. The van der Waals surface area contributed by atoms with Crippen molar-refractivity contribution >= 4 is 26.8 Å². The zero-order valence-corrected chi connectivity index (χ0v) is 13.7. The summed E-state index contributed by atoms with van der Waals surface area (Å²) in [7, 11) is -3.32. The van der Waals surface area contributed by atoms with Crippen LogP contribution >= 0.6 is 0 Å². The molecule has 3 rings (SSSR count). The molecule has 0 aliphatic heterocycles. The first kappa shape index (κ1) is 16.5. The molecule has 0 atom stereocenters. The molecule has 0 spiro atoms. The van der Waals surface area contributed by atoms with Crippen LogP contribution in [0.4, 0.5) is 8.78 Å². The highest BCUT2D eigenvalue weighted by molar-refractivity contribution is 7.90. The lowest BCUT2D eigenvalue weighted by molar-refractivity contribution is -0.113. The Morgan fingerprint density at radius 1 is 0.958 bits per heavy atom. The summed E-state index contributed by atoms with van der Waals surface area (Å²) >= 11 is 0. The molecule has 0 saturated heterocycles. The zero-order valence-electron chi connectivity index (χ0n) is 12.8. The van der Waals surface area contributed by atoms with Crippen molar-refractivity contribution in [1.29, 1.82) is 0 Å². The van der Waals surface area contributed by atoms with Gasteiger partial charge in [0.1, 0.15) is 11.6 Å². The van der Waals surface area contributed by atoms with Crippen LogP contribution in [0.2, 0.25) is 0 Å². The fourth-order valence-corrected chi connectivity index (χ4v) is 3.48. The van der Waals surface area contributed by atoms with Gasteiger partial charge in [0.05, 0.1) is 4.90 Å². The summed E-state index contributed by atoms with van der Waals surface area (Å²) in [5.41, 5.74) is 1.61. The molecular formula is C18H14F2O3S. The minimum absolute atomic E-state index is 0.0705. The summed E-state index contributed by atoms with van der Waals surface area (Å²) in [4.78, 5) is 12.4. The van der Waals surface area contributed by atoms with E-state index in [1.54, 1.807) is 12.1 Å². The maximum absolute atomic E-state index is 14.1. The van der Waals surface area contributed by atoms with Crippen LogP contribution in [0, 0.1) is 11.6 Å². The van der Waals surface area contributed by atoms with E-state index in [1.807, 2.05) is 0 Å². The van der Waals surface area contributed by atoms with Gasteiger partial charge in [-0.25, -0.2) is 17.2 Å². The van der Waals surface area contributed by atoms with Crippen LogP contribution in [0.5, 0.6) is 0 Å². The maximum atomic E-state index is 14.1. The first-order valence-electron chi connectivity index (χ1n) is 7.29. The Labute approximate surface area is 138 Å². The highest BCUT2D eigenvalue weighted by atomic mass is 32.2. The smallest absolute Gasteiger partial charge is 0.175 e. The quantitative estimate of drug-likeness (QED) is 0.851. The number of sulfone groups is 1. The Balaban J connectivity index is 2.13. The number of ketones is 1. The minimum atomic E-state index is -3.32. The average molecular weight is 348 g/mol. The standard InChI is InChI=1S/C18H14F2O3S/c1-24(22,23)13-5-2-11(3-6-13)14-8-9-17(21)18(14)15-7-4-12(19)10-16(15)20/h2-7,10H,8-9H2,1H3. The second kappa shape index (κ2) is 5.94. The Kier molecular flexibility index (Phi) is 4.09. The zero-order chi connectivity index (χ0) is 17.5. The number of benzene rings is 2. The van der Waals surface area contributed by atoms with Crippen molar-refractivity contribution in [2.24, 2.45) is 0 Å². The molecule has 6 heteroatoms. The van der Waals surface area contributed by atoms with E-state index in [2.05, 4.69) is 0 Å². The number of carbonyl (C=O) groups is 1. The van der Waals surface area contributed by atoms with Crippen molar-refractivity contribution in [2.45, 2.75) is 17.7 Å². The van der Waals surface area contributed by atoms with Gasteiger partial charge in [-0.3, -0.25) is 4.79 Å². The molecular weight excluding hydrogens is 334 g/mol. The molecule has 0 unspecified atom stereocenters. The molecule has 3 nitrogen and oxygen atoms in total. The first-order valence-corrected chi connectivity index (χ1v) is 9.19. The molecule has 0 amide bonds. The molecule has 24 heavy (non-hydrogen) atoms. The molecule has 0 saturated carbocycles. The van der Waals surface area contributed by atoms with Crippen LogP contribution in [-0.4, -0.2) is 20.5 Å². The van der Waals surface area contributed by atoms with Crippen LogP contribution in [-0.2, 0) is 14.6 Å². The van der Waals surface area contributed by atoms with E-state index in [9.17, 15) is 22.0 Å². The third kappa shape index (κ3) is 3.01. The van der Waals surface area contributed by atoms with E-state index in [0.717, 1.165) is 18.4 Å². The largest absolute Gasteiger partial charge is 0.294 e. The molecule has 1 aliphatic rings. The van der Waals surface area contributed by atoms with Gasteiger partial charge in [-0.05, 0) is 41.8 Å². The van der Waals surface area contributed by atoms with Gasteiger partial charge in [0, 0.05) is 29.9 Å². The van der Waals surface area contributed by atoms with Crippen molar-refractivity contribution in [2.75, 3.05) is 6.26 Å². The summed E-state index contributed by atoms with van der Waals surface area (Å²) in [6.45, 7) is 0. The number of hydrogen-bond donors (Lipinski definition) is 0. The number of hydrogen-bond acceptors (Lipinski definition) is 3. The van der Waals surface area contributed by atoms with E-state index in [4.69, 9.17) is 0 Å². The van der Waals surface area contributed by atoms with Gasteiger partial charge in [0.25, 0.3) is 0 Å². The second-order valence-electron chi connectivity index (χ2n) is 5.70. The lowest BCUT2D eigenvalue weighted by atomic mass is 9.96. The van der Waals surface area contributed by atoms with Gasteiger partial charge in [-0.1, -0.05) is 12.1 Å². The van der Waals surface area contributed by atoms with Gasteiger partial charge < -0.3 is 0 Å². The van der Waals surface area contributed by atoms with Gasteiger partial charge in [0.15, 0.2) is 15.6 Å². The number of allylic oxidation sites excluding steroid dienone is 2. The molecule has 0 N–H and O–H groups in total. The van der Waals surface area contributed by atoms with E-state index in [-0.39, 0.29) is 28.2 Å². The van der Waals surface area contributed by atoms with Crippen LogP contribution in [0.3, 0.4) is 0 Å². The Morgan fingerprint density at radius 3 is 2.21 bits per heavy atom. The summed E-state index contributed by atoms with van der Waals surface area (Å²) < 4.78 is 50.2. The van der Waals surface area contributed by atoms with Gasteiger partial charge in [-0.2, -0.15) is 0 Å². The molecule has 2 aromatic carbocycles. The van der Waals surface area contributed by atoms with Crippen LogP contribution in [0.25, 0.3) is 11.1 Å². The Morgan fingerprint density at radius 2 is 1.62 bits per heavy atom. The third-order valence-electron chi connectivity index (χ3n) is 4.01. The first-order chi connectivity index (χ1) is 11.3. The van der Waals surface area contributed by atoms with E-state index in [1.165, 1.54) is 18.2 Å². The number of Topliss-reactive ketones (excluding diaryl/α,β-unsaturated/α-hetero) is 1. The lowest BCUT2D eigenvalue weighted by Gasteiger charge is -2.09. The summed E-state index contributed by atoms with van der Waals surface area (Å²) in [5, 5.41) is 0. The number of carbonyl (C=O) groups excluding carboxylic acids is 1. The fourth-order valence-electron chi connectivity index (χ4n) is 2.85. The highest BCUT2D eigenvalue weighted by Crippen LogP contribution is 2.38. The Bertz CT molecular complexity index is 958. The highest BCUT2D eigenvalue weighted by Gasteiger charge is 2.27. The maximum Gasteiger partial charge on any atom is 0.175 e. The monoisotopic (exact) mass is 348 g/mol. The van der Waals surface area contributed by atoms with Crippen molar-refractivity contribution < 1.29 is 22.0 Å². The van der Waals surface area contributed by atoms with Crippen LogP contribution < -0.4 is 0 Å². The SMILES string of the molecule is CS(=O)(=O)c1ccc(C2=C(c3ccc(F)cc3F)C(=O)CC2)cc1. The van der Waals surface area contributed by atoms with E-state index < -0.39 is 21.5 Å². The molecule has 0 fully saturated rings. The number of rotatable bonds is 3. The van der Waals surface area contributed by atoms with Gasteiger partial charge in [-0.15, -0.1) is 0 Å². The predicted octanol–water partition coefficient (Wildman–Crippen LogP) is 3.64. The number of halogens is 2. The lowest BCUT2D eigenvalue weighted by Crippen LogP contribution is -2.00. The van der Waals surface area contributed by atoms with Crippen molar-refractivity contribution in [3.63, 3.8) is 0 Å². The predicted molar refractivity (Wildman–Crippen MR) is 87.0 cm³/mol. The van der Waals surface area contributed by atoms with E-state index >= 15 is 0 Å². The molecule has 124 valence electrons. The van der Waals surface area contributed by atoms with Crippen LogP contribution in [0.15, 0.2) is 47.4 Å². The van der Waals surface area contributed by atoms with E-state index in [0.29, 0.717) is 17.6 Å². The topological polar surface area (TPSA) is 51.2 Å². The van der Waals surface area contributed by atoms with Gasteiger partial charge >= 0.3 is 0 Å². The summed E-state index contributed by atoms with van der Waals surface area (Å²) in [6.07, 6.45) is 1.79. The molecule has 1 aliphatic carbocycles. The van der Waals surface area contributed by atoms with Crippen molar-refractivity contribution in [3.05, 3.63) is 65.2 Å². The van der Waals surface area contributed by atoms with Gasteiger partial charge in [0.2, 0.25) is 0 Å². The normalized spacial score (nSPS) is 15.2. The molecule has 0 aromatic heterocycles. The summed E-state index contributed by atoms with van der Waals surface area (Å²) in [5.74, 6) is -1.70. The average Bonchev–Trinajstić information content (AvgIpc) is 2.88. The molecule has 0 heterocycles. The third-order valence-corrected chi connectivity index (χ3v) is 5.14. The molecule has 0 bridgehead atoms.